The summed E-state index contributed by atoms with van der Waals surface area (Å²) in [4.78, 5) is 10.3. The highest BCUT2D eigenvalue weighted by atomic mass is 32.2. The van der Waals surface area contributed by atoms with Crippen molar-refractivity contribution in [3.05, 3.63) is 46.1 Å². The summed E-state index contributed by atoms with van der Waals surface area (Å²) < 4.78 is 26.0. The van der Waals surface area contributed by atoms with Crippen LogP contribution in [0.1, 0.15) is 5.56 Å². The number of nitrogens with zero attached hydrogens (tertiary/aromatic N) is 3. The molecular weight excluding hydrogens is 334 g/mol. The second-order valence-corrected chi connectivity index (χ2v) is 7.16. The molecule has 24 heavy (non-hydrogen) atoms. The van der Waals surface area contributed by atoms with Crippen LogP contribution in [0, 0.1) is 10.1 Å². The lowest BCUT2D eigenvalue weighted by Gasteiger charge is -2.06. The molecule has 2 aromatic rings. The summed E-state index contributed by atoms with van der Waals surface area (Å²) in [5.74, 6) is 0. The fraction of sp³-hybridized carbons (Fsp3) is 0.357. The number of benzene rings is 1. The molecule has 0 radical (unpaired) electrons. The zero-order valence-electron chi connectivity index (χ0n) is 13.4. The van der Waals surface area contributed by atoms with Gasteiger partial charge in [-0.2, -0.15) is 5.10 Å². The zero-order chi connectivity index (χ0) is 17.7. The number of rotatable bonds is 8. The lowest BCUT2D eigenvalue weighted by molar-refractivity contribution is -0.384. The molecule has 0 aliphatic rings. The highest BCUT2D eigenvalue weighted by Gasteiger charge is 2.12. The number of sulfonamides is 1. The fourth-order valence-electron chi connectivity index (χ4n) is 2.20. The molecule has 0 fully saturated rings. The van der Waals surface area contributed by atoms with Gasteiger partial charge >= 0.3 is 0 Å². The van der Waals surface area contributed by atoms with Crippen molar-refractivity contribution in [2.24, 2.45) is 7.05 Å². The van der Waals surface area contributed by atoms with Gasteiger partial charge in [0, 0.05) is 56.1 Å². The summed E-state index contributed by atoms with van der Waals surface area (Å²) in [6.07, 6.45) is 2.97. The van der Waals surface area contributed by atoms with Crippen LogP contribution < -0.4 is 10.0 Å². The molecule has 9 nitrogen and oxygen atoms in total. The highest BCUT2D eigenvalue weighted by molar-refractivity contribution is 7.88. The maximum absolute atomic E-state index is 11.0. The smallest absolute Gasteiger partial charge is 0.269 e. The van der Waals surface area contributed by atoms with Crippen LogP contribution in [0.15, 0.2) is 30.5 Å². The molecule has 0 amide bonds. The lowest BCUT2D eigenvalue weighted by atomic mass is 10.1. The van der Waals surface area contributed by atoms with Crippen LogP contribution in [0.5, 0.6) is 0 Å². The maximum Gasteiger partial charge on any atom is 0.269 e. The van der Waals surface area contributed by atoms with Gasteiger partial charge in [-0.05, 0) is 12.1 Å². The number of aryl methyl sites for hydroxylation is 1. The zero-order valence-corrected chi connectivity index (χ0v) is 14.2. The van der Waals surface area contributed by atoms with E-state index < -0.39 is 14.9 Å². The molecule has 2 rings (SSSR count). The molecule has 0 spiro atoms. The minimum Gasteiger partial charge on any atom is -0.311 e. The van der Waals surface area contributed by atoms with E-state index in [1.54, 1.807) is 23.9 Å². The normalized spacial score (nSPS) is 11.6. The highest BCUT2D eigenvalue weighted by Crippen LogP contribution is 2.24. The van der Waals surface area contributed by atoms with Crippen molar-refractivity contribution in [1.82, 2.24) is 19.8 Å². The molecule has 10 heteroatoms. The third-order valence-electron chi connectivity index (χ3n) is 3.24. The standard InChI is InChI=1S/C14H19N5O4S/c1-18-10-12(9-15-7-8-16-24(2,22)23)14(17-18)11-3-5-13(6-4-11)19(20)21/h3-6,10,15-16H,7-9H2,1-2H3. The van der Waals surface area contributed by atoms with Gasteiger partial charge in [-0.3, -0.25) is 14.8 Å². The Balaban J connectivity index is 2.03. The van der Waals surface area contributed by atoms with Crippen LogP contribution >= 0.6 is 0 Å². The van der Waals surface area contributed by atoms with Crippen LogP contribution in [0.2, 0.25) is 0 Å². The molecule has 130 valence electrons. The Kier molecular flexibility index (Phi) is 5.65. The Morgan fingerprint density at radius 3 is 2.50 bits per heavy atom. The van der Waals surface area contributed by atoms with Crippen molar-refractivity contribution in [2.45, 2.75) is 6.54 Å². The largest absolute Gasteiger partial charge is 0.311 e. The maximum atomic E-state index is 11.0. The molecule has 0 saturated heterocycles. The SMILES string of the molecule is Cn1cc(CNCCNS(C)(=O)=O)c(-c2ccc([N+](=O)[O-])cc2)n1. The van der Waals surface area contributed by atoms with Gasteiger partial charge in [0.05, 0.1) is 16.9 Å². The second-order valence-electron chi connectivity index (χ2n) is 5.32. The summed E-state index contributed by atoms with van der Waals surface area (Å²) in [6, 6.07) is 6.21. The first-order valence-electron chi connectivity index (χ1n) is 7.19. The van der Waals surface area contributed by atoms with Crippen molar-refractivity contribution in [1.29, 1.82) is 0 Å². The van der Waals surface area contributed by atoms with Crippen LogP contribution in [0.4, 0.5) is 5.69 Å². The molecule has 1 heterocycles. The first kappa shape index (κ1) is 18.0. The van der Waals surface area contributed by atoms with E-state index in [2.05, 4.69) is 15.1 Å². The minimum absolute atomic E-state index is 0.0289. The van der Waals surface area contributed by atoms with Crippen LogP contribution in [0.3, 0.4) is 0 Å². The number of hydrogen-bond donors (Lipinski definition) is 2. The molecule has 2 N–H and O–H groups in total. The van der Waals surface area contributed by atoms with E-state index in [4.69, 9.17) is 0 Å². The van der Waals surface area contributed by atoms with Crippen molar-refractivity contribution >= 4 is 15.7 Å². The van der Waals surface area contributed by atoms with Gasteiger partial charge in [-0.15, -0.1) is 0 Å². The molecule has 0 aliphatic heterocycles. The fourth-order valence-corrected chi connectivity index (χ4v) is 2.67. The lowest BCUT2D eigenvalue weighted by Crippen LogP contribution is -2.30. The average Bonchev–Trinajstić information content (AvgIpc) is 2.87. The van der Waals surface area contributed by atoms with Gasteiger partial charge in [-0.1, -0.05) is 0 Å². The van der Waals surface area contributed by atoms with Gasteiger partial charge in [0.1, 0.15) is 0 Å². The Labute approximate surface area is 139 Å². The number of nitro benzene ring substituents is 1. The van der Waals surface area contributed by atoms with Gasteiger partial charge in [0.15, 0.2) is 0 Å². The first-order chi connectivity index (χ1) is 11.3. The quantitative estimate of drug-likeness (QED) is 0.408. The van der Waals surface area contributed by atoms with Crippen molar-refractivity contribution < 1.29 is 13.3 Å². The van der Waals surface area contributed by atoms with Crippen molar-refractivity contribution in [2.75, 3.05) is 19.3 Å². The molecule has 1 aromatic heterocycles. The van der Waals surface area contributed by atoms with Gasteiger partial charge in [0.2, 0.25) is 10.0 Å². The molecule has 0 unspecified atom stereocenters. The summed E-state index contributed by atoms with van der Waals surface area (Å²) in [5, 5.41) is 18.2. The predicted molar refractivity (Wildman–Crippen MR) is 89.9 cm³/mol. The molecule has 0 aliphatic carbocycles. The summed E-state index contributed by atoms with van der Waals surface area (Å²) in [5.41, 5.74) is 2.47. The van der Waals surface area contributed by atoms with E-state index in [1.807, 2.05) is 6.20 Å². The topological polar surface area (TPSA) is 119 Å². The summed E-state index contributed by atoms with van der Waals surface area (Å²) >= 11 is 0. The van der Waals surface area contributed by atoms with Crippen molar-refractivity contribution in [3.63, 3.8) is 0 Å². The predicted octanol–water partition coefficient (Wildman–Crippen LogP) is 0.634. The monoisotopic (exact) mass is 353 g/mol. The summed E-state index contributed by atoms with van der Waals surface area (Å²) in [7, 11) is -1.39. The van der Waals surface area contributed by atoms with Crippen LogP contribution in [0.25, 0.3) is 11.3 Å². The van der Waals surface area contributed by atoms with E-state index >= 15 is 0 Å². The van der Waals surface area contributed by atoms with Crippen LogP contribution in [-0.2, 0) is 23.6 Å². The average molecular weight is 353 g/mol. The Hall–Kier alpha value is -2.30. The second kappa shape index (κ2) is 7.51. The molecule has 0 bridgehead atoms. The number of aromatic nitrogens is 2. The van der Waals surface area contributed by atoms with Crippen LogP contribution in [-0.4, -0.2) is 42.5 Å². The third-order valence-corrected chi connectivity index (χ3v) is 3.97. The van der Waals surface area contributed by atoms with E-state index in [1.165, 1.54) is 12.1 Å². The van der Waals surface area contributed by atoms with E-state index in [0.29, 0.717) is 19.6 Å². The molecular formula is C14H19N5O4S. The van der Waals surface area contributed by atoms with Gasteiger partial charge < -0.3 is 5.32 Å². The number of non-ortho nitro benzene ring substituents is 1. The van der Waals surface area contributed by atoms with E-state index in [9.17, 15) is 18.5 Å². The van der Waals surface area contributed by atoms with Gasteiger partial charge in [-0.25, -0.2) is 13.1 Å². The van der Waals surface area contributed by atoms with E-state index in [0.717, 1.165) is 23.1 Å². The first-order valence-corrected chi connectivity index (χ1v) is 9.08. The van der Waals surface area contributed by atoms with Gasteiger partial charge in [0.25, 0.3) is 5.69 Å². The Morgan fingerprint density at radius 1 is 1.25 bits per heavy atom. The minimum atomic E-state index is -3.19. The number of nitrogens with one attached hydrogen (secondary N) is 2. The third kappa shape index (κ3) is 5.11. The Morgan fingerprint density at radius 2 is 1.92 bits per heavy atom. The Bertz CT molecular complexity index is 814. The van der Waals surface area contributed by atoms with Crippen molar-refractivity contribution in [3.8, 4) is 11.3 Å². The summed E-state index contributed by atoms with van der Waals surface area (Å²) in [6.45, 7) is 1.28. The molecule has 0 atom stereocenters. The molecule has 1 aromatic carbocycles. The number of nitro groups is 1. The number of hydrogen-bond acceptors (Lipinski definition) is 6. The molecule has 0 saturated carbocycles. The van der Waals surface area contributed by atoms with E-state index in [-0.39, 0.29) is 5.69 Å².